The van der Waals surface area contributed by atoms with Crippen LogP contribution in [-0.4, -0.2) is 23.3 Å². The molecule has 4 aromatic carbocycles. The SMILES string of the molecule is CCOC(=O)[C@H](c1ccccc1)[C@H](c1ccccc1)N(Cc1ccccc1)C(=N)c1ccccc1. The molecule has 4 aromatic rings. The molecule has 4 nitrogen and oxygen atoms in total. The molecule has 0 saturated carbocycles. The highest BCUT2D eigenvalue weighted by atomic mass is 16.5. The summed E-state index contributed by atoms with van der Waals surface area (Å²) in [5, 5.41) is 9.29. The van der Waals surface area contributed by atoms with E-state index in [1.807, 2.05) is 121 Å². The zero-order valence-corrected chi connectivity index (χ0v) is 19.9. The highest BCUT2D eigenvalue weighted by molar-refractivity contribution is 5.97. The highest BCUT2D eigenvalue weighted by Crippen LogP contribution is 2.39. The van der Waals surface area contributed by atoms with Gasteiger partial charge in [-0.2, -0.15) is 0 Å². The number of carbonyl (C=O) groups is 1. The minimum atomic E-state index is -0.619. The van der Waals surface area contributed by atoms with E-state index in [4.69, 9.17) is 4.74 Å². The minimum absolute atomic E-state index is 0.290. The van der Waals surface area contributed by atoms with Crippen LogP contribution in [0, 0.1) is 5.41 Å². The fourth-order valence-corrected chi connectivity index (χ4v) is 4.40. The van der Waals surface area contributed by atoms with E-state index in [2.05, 4.69) is 12.1 Å². The first kappa shape index (κ1) is 24.0. The number of carbonyl (C=O) groups excluding carboxylic acids is 1. The van der Waals surface area contributed by atoms with Crippen molar-refractivity contribution < 1.29 is 9.53 Å². The summed E-state index contributed by atoms with van der Waals surface area (Å²) < 4.78 is 5.61. The third-order valence-electron chi connectivity index (χ3n) is 6.02. The molecular weight excluding hydrogens is 432 g/mol. The summed E-state index contributed by atoms with van der Waals surface area (Å²) in [6, 6.07) is 39.0. The van der Waals surface area contributed by atoms with Gasteiger partial charge in [-0.25, -0.2) is 0 Å². The van der Waals surface area contributed by atoms with Crippen molar-refractivity contribution in [2.45, 2.75) is 25.4 Å². The number of amidine groups is 1. The third kappa shape index (κ3) is 5.85. The summed E-state index contributed by atoms with van der Waals surface area (Å²) in [7, 11) is 0. The van der Waals surface area contributed by atoms with E-state index in [9.17, 15) is 10.2 Å². The Bertz CT molecular complexity index is 1210. The molecule has 0 spiro atoms. The Morgan fingerprint density at radius 1 is 0.743 bits per heavy atom. The number of benzene rings is 4. The lowest BCUT2D eigenvalue weighted by Gasteiger charge is -2.38. The number of nitrogens with zero attached hydrogens (tertiary/aromatic N) is 1. The van der Waals surface area contributed by atoms with Gasteiger partial charge in [-0.3, -0.25) is 10.2 Å². The second-order valence-corrected chi connectivity index (χ2v) is 8.32. The van der Waals surface area contributed by atoms with Gasteiger partial charge in [-0.1, -0.05) is 121 Å². The maximum atomic E-state index is 13.6. The highest BCUT2D eigenvalue weighted by Gasteiger charge is 2.38. The van der Waals surface area contributed by atoms with Crippen molar-refractivity contribution in [1.29, 1.82) is 5.41 Å². The van der Waals surface area contributed by atoms with Gasteiger partial charge in [0.1, 0.15) is 11.8 Å². The van der Waals surface area contributed by atoms with Crippen LogP contribution in [-0.2, 0) is 16.1 Å². The van der Waals surface area contributed by atoms with Gasteiger partial charge in [0, 0.05) is 12.1 Å². The maximum Gasteiger partial charge on any atom is 0.315 e. The Kier molecular flexibility index (Phi) is 8.08. The molecule has 0 heterocycles. The number of esters is 1. The molecule has 0 unspecified atom stereocenters. The summed E-state index contributed by atoms with van der Waals surface area (Å²) in [6.07, 6.45) is 0. The largest absolute Gasteiger partial charge is 0.465 e. The summed E-state index contributed by atoms with van der Waals surface area (Å²) >= 11 is 0. The van der Waals surface area contributed by atoms with Gasteiger partial charge in [-0.15, -0.1) is 0 Å². The van der Waals surface area contributed by atoms with Gasteiger partial charge in [0.05, 0.1) is 12.6 Å². The van der Waals surface area contributed by atoms with E-state index in [0.717, 1.165) is 22.3 Å². The fraction of sp³-hybridized carbons (Fsp3) is 0.161. The number of ether oxygens (including phenoxy) is 1. The Balaban J connectivity index is 1.90. The van der Waals surface area contributed by atoms with Crippen LogP contribution in [0.1, 0.15) is 41.1 Å². The van der Waals surface area contributed by atoms with Crippen molar-refractivity contribution in [2.75, 3.05) is 6.61 Å². The van der Waals surface area contributed by atoms with Crippen molar-refractivity contribution in [2.24, 2.45) is 0 Å². The van der Waals surface area contributed by atoms with E-state index >= 15 is 0 Å². The number of hydrogen-bond acceptors (Lipinski definition) is 3. The summed E-state index contributed by atoms with van der Waals surface area (Å²) in [6.45, 7) is 2.58. The van der Waals surface area contributed by atoms with Gasteiger partial charge < -0.3 is 9.64 Å². The van der Waals surface area contributed by atoms with Crippen molar-refractivity contribution in [3.63, 3.8) is 0 Å². The van der Waals surface area contributed by atoms with Gasteiger partial charge in [0.25, 0.3) is 0 Å². The molecule has 2 atom stereocenters. The number of rotatable bonds is 9. The standard InChI is InChI=1S/C31H30N2O2/c1-2-35-31(34)28(25-17-9-4-10-18-25)29(26-19-11-5-12-20-26)33(23-24-15-7-3-8-16-24)30(32)27-21-13-6-14-22-27/h3-22,28-29,32H,2,23H2,1H3/t28-,29+/m1/s1. The van der Waals surface area contributed by atoms with Crippen molar-refractivity contribution in [1.82, 2.24) is 4.90 Å². The number of nitrogens with one attached hydrogen (secondary N) is 1. The Hall–Kier alpha value is -4.18. The molecule has 4 rings (SSSR count). The molecule has 0 aliphatic heterocycles. The van der Waals surface area contributed by atoms with Crippen LogP contribution in [0.25, 0.3) is 0 Å². The van der Waals surface area contributed by atoms with E-state index in [1.165, 1.54) is 0 Å². The molecule has 0 fully saturated rings. The second-order valence-electron chi connectivity index (χ2n) is 8.32. The summed E-state index contributed by atoms with van der Waals surface area (Å²) in [5.41, 5.74) is 3.66. The van der Waals surface area contributed by atoms with Crippen LogP contribution in [0.5, 0.6) is 0 Å². The molecule has 0 amide bonds. The van der Waals surface area contributed by atoms with Crippen LogP contribution < -0.4 is 0 Å². The molecule has 0 bridgehead atoms. The molecular formula is C31H30N2O2. The molecule has 0 aromatic heterocycles. The lowest BCUT2D eigenvalue weighted by molar-refractivity contribution is -0.146. The van der Waals surface area contributed by atoms with Crippen LogP contribution in [0.15, 0.2) is 121 Å². The molecule has 0 radical (unpaired) electrons. The van der Waals surface area contributed by atoms with Gasteiger partial charge in [-0.05, 0) is 23.6 Å². The molecule has 0 aliphatic rings. The first-order chi connectivity index (χ1) is 17.2. The van der Waals surface area contributed by atoms with Crippen molar-refractivity contribution in [3.8, 4) is 0 Å². The quantitative estimate of drug-likeness (QED) is 0.173. The van der Waals surface area contributed by atoms with Gasteiger partial charge >= 0.3 is 5.97 Å². The third-order valence-corrected chi connectivity index (χ3v) is 6.02. The zero-order chi connectivity index (χ0) is 24.5. The average Bonchev–Trinajstić information content (AvgIpc) is 2.92. The first-order valence-electron chi connectivity index (χ1n) is 11.9. The monoisotopic (exact) mass is 462 g/mol. The number of hydrogen-bond donors (Lipinski definition) is 1. The average molecular weight is 463 g/mol. The zero-order valence-electron chi connectivity index (χ0n) is 19.9. The van der Waals surface area contributed by atoms with E-state index in [-0.39, 0.29) is 5.97 Å². The minimum Gasteiger partial charge on any atom is -0.465 e. The van der Waals surface area contributed by atoms with E-state index < -0.39 is 12.0 Å². The normalized spacial score (nSPS) is 12.4. The lowest BCUT2D eigenvalue weighted by atomic mass is 9.85. The smallest absolute Gasteiger partial charge is 0.315 e. The Morgan fingerprint density at radius 2 is 1.23 bits per heavy atom. The summed E-state index contributed by atoms with van der Waals surface area (Å²) in [5.74, 6) is -0.564. The molecule has 176 valence electrons. The molecule has 0 aliphatic carbocycles. The van der Waals surface area contributed by atoms with Crippen LogP contribution in [0.4, 0.5) is 0 Å². The predicted octanol–water partition coefficient (Wildman–Crippen LogP) is 6.60. The van der Waals surface area contributed by atoms with E-state index in [1.54, 1.807) is 0 Å². The van der Waals surface area contributed by atoms with E-state index in [0.29, 0.717) is 19.0 Å². The molecule has 35 heavy (non-hydrogen) atoms. The Labute approximate surface area is 207 Å². The lowest BCUT2D eigenvalue weighted by Crippen LogP contribution is -2.40. The maximum absolute atomic E-state index is 13.6. The molecule has 1 N–H and O–H groups in total. The van der Waals surface area contributed by atoms with Crippen molar-refractivity contribution >= 4 is 11.8 Å². The van der Waals surface area contributed by atoms with Gasteiger partial charge in [0.15, 0.2) is 0 Å². The molecule has 4 heteroatoms. The summed E-state index contributed by atoms with van der Waals surface area (Å²) in [4.78, 5) is 15.6. The first-order valence-corrected chi connectivity index (χ1v) is 11.9. The topological polar surface area (TPSA) is 53.4 Å². The van der Waals surface area contributed by atoms with Crippen LogP contribution >= 0.6 is 0 Å². The predicted molar refractivity (Wildman–Crippen MR) is 140 cm³/mol. The van der Waals surface area contributed by atoms with Crippen molar-refractivity contribution in [3.05, 3.63) is 144 Å². The molecule has 0 saturated heterocycles. The fourth-order valence-electron chi connectivity index (χ4n) is 4.40. The van der Waals surface area contributed by atoms with Crippen LogP contribution in [0.2, 0.25) is 0 Å². The Morgan fingerprint density at radius 3 is 1.77 bits per heavy atom. The second kappa shape index (κ2) is 11.8. The van der Waals surface area contributed by atoms with Crippen LogP contribution in [0.3, 0.4) is 0 Å². The van der Waals surface area contributed by atoms with Gasteiger partial charge in [0.2, 0.25) is 0 Å².